The molecule has 0 bridgehead atoms. The zero-order valence-electron chi connectivity index (χ0n) is 14.7. The predicted molar refractivity (Wildman–Crippen MR) is 100 cm³/mol. The minimum Gasteiger partial charge on any atom is -0.487 e. The number of benzene rings is 2. The molecule has 0 saturated carbocycles. The van der Waals surface area contributed by atoms with Crippen molar-refractivity contribution >= 4 is 22.5 Å². The first kappa shape index (κ1) is 16.9. The highest BCUT2D eigenvalue weighted by atomic mass is 35.5. The highest BCUT2D eigenvalue weighted by Gasteiger charge is 2.20. The van der Waals surface area contributed by atoms with Crippen LogP contribution < -0.4 is 4.74 Å². The lowest BCUT2D eigenvalue weighted by Crippen LogP contribution is -2.33. The largest absolute Gasteiger partial charge is 0.487 e. The Labute approximate surface area is 148 Å². The van der Waals surface area contributed by atoms with Crippen molar-refractivity contribution in [3.05, 3.63) is 64.8 Å². The second-order valence-electron chi connectivity index (χ2n) is 7.19. The lowest BCUT2D eigenvalue weighted by molar-refractivity contribution is -0.883. The number of hydrogen-bond donors (Lipinski definition) is 0. The molecule has 0 aliphatic rings. The van der Waals surface area contributed by atoms with Crippen molar-refractivity contribution in [3.63, 3.8) is 0 Å². The molecule has 0 unspecified atom stereocenters. The summed E-state index contributed by atoms with van der Waals surface area (Å²) in [6.45, 7) is 1.50. The van der Waals surface area contributed by atoms with Crippen molar-refractivity contribution in [3.8, 4) is 5.75 Å². The quantitative estimate of drug-likeness (QED) is 0.617. The van der Waals surface area contributed by atoms with Crippen LogP contribution in [0.4, 0.5) is 0 Å². The smallest absolute Gasteiger partial charge is 0.129 e. The molecule has 1 heterocycles. The van der Waals surface area contributed by atoms with Crippen molar-refractivity contribution in [2.24, 2.45) is 7.05 Å². The molecule has 0 saturated heterocycles. The molecule has 0 fully saturated rings. The summed E-state index contributed by atoms with van der Waals surface area (Å²) in [5.41, 5.74) is 3.82. The number of nitrogens with zero attached hydrogens (tertiary/aromatic N) is 2. The first-order chi connectivity index (χ1) is 11.3. The first-order valence-corrected chi connectivity index (χ1v) is 8.47. The molecule has 0 atom stereocenters. The number of ether oxygens (including phenoxy) is 1. The molecule has 0 amide bonds. The standard InChI is InChI=1S/C20H24ClN2O/c1-22-19-8-6-5-7-17(19)18(13-23(2,3)4)20(22)14-24-16-11-9-15(21)10-12-16/h5-12H,13-14H2,1-4H3/q+1. The zero-order valence-corrected chi connectivity index (χ0v) is 15.5. The normalized spacial score (nSPS) is 11.9. The molecule has 1 aromatic heterocycles. The zero-order chi connectivity index (χ0) is 17.3. The van der Waals surface area contributed by atoms with E-state index in [1.54, 1.807) is 0 Å². The van der Waals surface area contributed by atoms with Crippen LogP contribution in [0.1, 0.15) is 11.3 Å². The molecule has 126 valence electrons. The average Bonchev–Trinajstić information content (AvgIpc) is 2.78. The van der Waals surface area contributed by atoms with Crippen LogP contribution in [-0.4, -0.2) is 30.2 Å². The Morgan fingerprint density at radius 1 is 1.00 bits per heavy atom. The lowest BCUT2D eigenvalue weighted by Gasteiger charge is -2.24. The second kappa shape index (κ2) is 6.50. The molecule has 0 aliphatic heterocycles. The molecule has 2 aromatic carbocycles. The molecule has 3 aromatic rings. The summed E-state index contributed by atoms with van der Waals surface area (Å²) >= 11 is 5.94. The SMILES string of the molecule is Cn1c(COc2ccc(Cl)cc2)c(C[N+](C)(C)C)c2ccccc21. The molecule has 4 heteroatoms. The van der Waals surface area contributed by atoms with E-state index in [0.717, 1.165) is 21.8 Å². The number of halogens is 1. The molecule has 24 heavy (non-hydrogen) atoms. The maximum absolute atomic E-state index is 6.03. The van der Waals surface area contributed by atoms with Gasteiger partial charge in [0.15, 0.2) is 0 Å². The Kier molecular flexibility index (Phi) is 4.57. The van der Waals surface area contributed by atoms with Crippen LogP contribution in [0.3, 0.4) is 0 Å². The summed E-state index contributed by atoms with van der Waals surface area (Å²) < 4.78 is 9.15. The number of aryl methyl sites for hydroxylation is 1. The fourth-order valence-corrected chi connectivity index (χ4v) is 3.17. The molecular weight excluding hydrogens is 320 g/mol. The summed E-state index contributed by atoms with van der Waals surface area (Å²) in [7, 11) is 8.75. The van der Waals surface area contributed by atoms with Crippen molar-refractivity contribution in [2.75, 3.05) is 21.1 Å². The third kappa shape index (κ3) is 3.58. The summed E-state index contributed by atoms with van der Waals surface area (Å²) in [6, 6.07) is 16.1. The highest BCUT2D eigenvalue weighted by Crippen LogP contribution is 2.28. The summed E-state index contributed by atoms with van der Waals surface area (Å²) in [6.07, 6.45) is 0. The highest BCUT2D eigenvalue weighted by molar-refractivity contribution is 6.30. The molecule has 3 rings (SSSR count). The van der Waals surface area contributed by atoms with Gasteiger partial charge in [-0.05, 0) is 30.3 Å². The summed E-state index contributed by atoms with van der Waals surface area (Å²) in [5.74, 6) is 0.834. The van der Waals surface area contributed by atoms with E-state index in [9.17, 15) is 0 Å². The maximum Gasteiger partial charge on any atom is 0.129 e. The Hall–Kier alpha value is -1.97. The van der Waals surface area contributed by atoms with Gasteiger partial charge in [0, 0.05) is 28.5 Å². The molecular formula is C20H24ClN2O+. The van der Waals surface area contributed by atoms with Gasteiger partial charge in [-0.1, -0.05) is 29.8 Å². The number of fused-ring (bicyclic) bond motifs is 1. The second-order valence-corrected chi connectivity index (χ2v) is 7.63. The molecule has 0 radical (unpaired) electrons. The van der Waals surface area contributed by atoms with Crippen LogP contribution in [0.25, 0.3) is 10.9 Å². The monoisotopic (exact) mass is 343 g/mol. The predicted octanol–water partition coefficient (Wildman–Crippen LogP) is 4.62. The first-order valence-electron chi connectivity index (χ1n) is 8.09. The van der Waals surface area contributed by atoms with Crippen LogP contribution in [0.15, 0.2) is 48.5 Å². The van der Waals surface area contributed by atoms with Gasteiger partial charge in [0.25, 0.3) is 0 Å². The van der Waals surface area contributed by atoms with Crippen molar-refractivity contribution in [1.82, 2.24) is 4.57 Å². The molecule has 0 aliphatic carbocycles. The summed E-state index contributed by atoms with van der Waals surface area (Å²) in [5, 5.41) is 2.03. The number of aromatic nitrogens is 1. The van der Waals surface area contributed by atoms with Crippen LogP contribution in [0.5, 0.6) is 5.75 Å². The van der Waals surface area contributed by atoms with Crippen molar-refractivity contribution in [1.29, 1.82) is 0 Å². The third-order valence-corrected chi connectivity index (χ3v) is 4.42. The Morgan fingerprint density at radius 2 is 1.67 bits per heavy atom. The summed E-state index contributed by atoms with van der Waals surface area (Å²) in [4.78, 5) is 0. The van der Waals surface area contributed by atoms with Crippen LogP contribution in [0, 0.1) is 0 Å². The Balaban J connectivity index is 1.97. The van der Waals surface area contributed by atoms with Gasteiger partial charge < -0.3 is 13.8 Å². The van der Waals surface area contributed by atoms with E-state index in [0.29, 0.717) is 6.61 Å². The Bertz CT molecular complexity index is 844. The fourth-order valence-electron chi connectivity index (χ4n) is 3.04. The Morgan fingerprint density at radius 3 is 2.33 bits per heavy atom. The minimum absolute atomic E-state index is 0.544. The third-order valence-electron chi connectivity index (χ3n) is 4.17. The van der Waals surface area contributed by atoms with Gasteiger partial charge in [-0.3, -0.25) is 0 Å². The molecule has 0 N–H and O–H groups in total. The van der Waals surface area contributed by atoms with E-state index in [-0.39, 0.29) is 0 Å². The fraction of sp³-hybridized carbons (Fsp3) is 0.300. The van der Waals surface area contributed by atoms with Crippen LogP contribution in [0.2, 0.25) is 5.02 Å². The van der Waals surface area contributed by atoms with Crippen molar-refractivity contribution in [2.45, 2.75) is 13.2 Å². The van der Waals surface area contributed by atoms with Gasteiger partial charge in [0.2, 0.25) is 0 Å². The molecule has 0 spiro atoms. The van der Waals surface area contributed by atoms with E-state index in [1.807, 2.05) is 24.3 Å². The van der Waals surface area contributed by atoms with Gasteiger partial charge in [-0.2, -0.15) is 0 Å². The van der Waals surface area contributed by atoms with Crippen LogP contribution in [-0.2, 0) is 20.2 Å². The number of rotatable bonds is 5. The average molecular weight is 344 g/mol. The van der Waals surface area contributed by atoms with Crippen molar-refractivity contribution < 1.29 is 9.22 Å². The van der Waals surface area contributed by atoms with E-state index in [4.69, 9.17) is 16.3 Å². The van der Waals surface area contributed by atoms with E-state index in [2.05, 4.69) is 57.0 Å². The molecule has 3 nitrogen and oxygen atoms in total. The van der Waals surface area contributed by atoms with Gasteiger partial charge in [0.05, 0.1) is 26.8 Å². The van der Waals surface area contributed by atoms with E-state index >= 15 is 0 Å². The van der Waals surface area contributed by atoms with Gasteiger partial charge in [-0.25, -0.2) is 0 Å². The van der Waals surface area contributed by atoms with Gasteiger partial charge in [0.1, 0.15) is 18.9 Å². The maximum atomic E-state index is 6.03. The van der Waals surface area contributed by atoms with E-state index in [1.165, 1.54) is 22.2 Å². The number of hydrogen-bond acceptors (Lipinski definition) is 1. The van der Waals surface area contributed by atoms with Crippen LogP contribution >= 0.6 is 11.6 Å². The topological polar surface area (TPSA) is 14.2 Å². The number of para-hydroxylation sites is 1. The van der Waals surface area contributed by atoms with E-state index < -0.39 is 0 Å². The minimum atomic E-state index is 0.544. The van der Waals surface area contributed by atoms with Gasteiger partial charge in [-0.15, -0.1) is 0 Å². The van der Waals surface area contributed by atoms with Gasteiger partial charge >= 0.3 is 0 Å². The number of quaternary nitrogens is 1. The lowest BCUT2D eigenvalue weighted by atomic mass is 10.1.